The fraction of sp³-hybridized carbons (Fsp3) is 0.500. The second-order valence-electron chi connectivity index (χ2n) is 6.46. The van der Waals surface area contributed by atoms with Crippen molar-refractivity contribution in [3.8, 4) is 11.4 Å². The number of hydrogen-bond donors (Lipinski definition) is 1. The van der Waals surface area contributed by atoms with Crippen molar-refractivity contribution < 1.29 is 9.53 Å². The molecule has 3 rings (SSSR count). The van der Waals surface area contributed by atoms with Crippen molar-refractivity contribution in [3.05, 3.63) is 34.6 Å². The molecule has 0 saturated carbocycles. The van der Waals surface area contributed by atoms with Gasteiger partial charge in [-0.1, -0.05) is 29.8 Å². The van der Waals surface area contributed by atoms with E-state index in [-0.39, 0.29) is 11.9 Å². The van der Waals surface area contributed by atoms with E-state index < -0.39 is 0 Å². The lowest BCUT2D eigenvalue weighted by molar-refractivity contribution is -0.150. The fourth-order valence-electron chi connectivity index (χ4n) is 3.13. The van der Waals surface area contributed by atoms with Crippen molar-refractivity contribution in [2.24, 2.45) is 5.92 Å². The third-order valence-electron chi connectivity index (χ3n) is 4.47. The van der Waals surface area contributed by atoms with Crippen molar-refractivity contribution >= 4 is 18.2 Å². The first-order valence-corrected chi connectivity index (χ1v) is 9.10. The minimum atomic E-state index is -0.0965. The number of carbonyl (C=O) groups excluding carboxylic acids is 1. The molecule has 0 aliphatic carbocycles. The lowest BCUT2D eigenvalue weighted by Crippen LogP contribution is -2.40. The van der Waals surface area contributed by atoms with E-state index in [1.165, 1.54) is 5.56 Å². The van der Waals surface area contributed by atoms with Crippen LogP contribution in [0.1, 0.15) is 25.3 Å². The quantitative estimate of drug-likeness (QED) is 0.655. The fourth-order valence-corrected chi connectivity index (χ4v) is 3.32. The number of esters is 1. The molecule has 1 fully saturated rings. The summed E-state index contributed by atoms with van der Waals surface area (Å²) in [5.41, 5.74) is 2.22. The van der Waals surface area contributed by atoms with Gasteiger partial charge in [0.15, 0.2) is 5.82 Å². The number of rotatable bonds is 5. The molecule has 0 radical (unpaired) electrons. The number of hydrogen-bond acceptors (Lipinski definition) is 5. The van der Waals surface area contributed by atoms with Crippen molar-refractivity contribution in [2.45, 2.75) is 33.4 Å². The summed E-state index contributed by atoms with van der Waals surface area (Å²) >= 11 is 5.39. The topological polar surface area (TPSA) is 63.1 Å². The van der Waals surface area contributed by atoms with E-state index in [1.54, 1.807) is 0 Å². The van der Waals surface area contributed by atoms with Crippen molar-refractivity contribution in [1.29, 1.82) is 0 Å². The molecule has 1 aliphatic rings. The van der Waals surface area contributed by atoms with Gasteiger partial charge in [-0.25, -0.2) is 4.68 Å². The van der Waals surface area contributed by atoms with Crippen LogP contribution in [0, 0.1) is 17.6 Å². The number of aromatic nitrogens is 3. The average molecular weight is 360 g/mol. The summed E-state index contributed by atoms with van der Waals surface area (Å²) < 4.78 is 7.54. The van der Waals surface area contributed by atoms with Gasteiger partial charge in [0.2, 0.25) is 4.77 Å². The highest BCUT2D eigenvalue weighted by Crippen LogP contribution is 2.20. The second kappa shape index (κ2) is 7.93. The Balaban J connectivity index is 1.69. The van der Waals surface area contributed by atoms with E-state index >= 15 is 0 Å². The van der Waals surface area contributed by atoms with Gasteiger partial charge in [0, 0.05) is 12.1 Å². The minimum absolute atomic E-state index is 0.0534. The molecule has 1 aliphatic heterocycles. The third kappa shape index (κ3) is 4.35. The number of nitrogens with zero attached hydrogens (tertiary/aromatic N) is 3. The molecule has 25 heavy (non-hydrogen) atoms. The third-order valence-corrected chi connectivity index (χ3v) is 4.78. The predicted molar refractivity (Wildman–Crippen MR) is 98.5 cm³/mol. The molecule has 0 spiro atoms. The Labute approximate surface area is 152 Å². The van der Waals surface area contributed by atoms with E-state index in [1.807, 2.05) is 23.7 Å². The molecule has 1 aromatic heterocycles. The molecular formula is C18H24N4O2S. The zero-order valence-corrected chi connectivity index (χ0v) is 15.5. The molecule has 6 nitrogen and oxygen atoms in total. The first-order chi connectivity index (χ1) is 12.1. The number of ether oxygens (including phenoxy) is 1. The van der Waals surface area contributed by atoms with Crippen LogP contribution in [-0.4, -0.2) is 45.3 Å². The molecule has 1 atom stereocenters. The predicted octanol–water partition coefficient (Wildman–Crippen LogP) is 3.15. The highest BCUT2D eigenvalue weighted by Gasteiger charge is 2.27. The Morgan fingerprint density at radius 2 is 2.16 bits per heavy atom. The SMILES string of the molecule is CCOC(=O)[C@H]1CCCN(Cn2[nH]c(-c3ccc(C)cc3)nc2=S)C1. The molecular weight excluding hydrogens is 336 g/mol. The summed E-state index contributed by atoms with van der Waals surface area (Å²) in [6, 6.07) is 8.18. The first-order valence-electron chi connectivity index (χ1n) is 8.69. The lowest BCUT2D eigenvalue weighted by atomic mass is 9.99. The van der Waals surface area contributed by atoms with Gasteiger partial charge in [0.05, 0.1) is 19.2 Å². The van der Waals surface area contributed by atoms with Crippen LogP contribution in [0.25, 0.3) is 11.4 Å². The van der Waals surface area contributed by atoms with E-state index in [4.69, 9.17) is 17.0 Å². The van der Waals surface area contributed by atoms with E-state index in [9.17, 15) is 4.79 Å². The number of nitrogens with one attached hydrogen (secondary N) is 1. The number of aromatic amines is 1. The smallest absolute Gasteiger partial charge is 0.310 e. The number of H-pyrrole nitrogens is 1. The zero-order valence-electron chi connectivity index (χ0n) is 14.7. The maximum atomic E-state index is 12.0. The molecule has 0 amide bonds. The van der Waals surface area contributed by atoms with Crippen LogP contribution in [0.5, 0.6) is 0 Å². The van der Waals surface area contributed by atoms with Crippen LogP contribution >= 0.6 is 12.2 Å². The average Bonchev–Trinajstić information content (AvgIpc) is 2.97. The number of carbonyl (C=O) groups is 1. The van der Waals surface area contributed by atoms with Gasteiger partial charge in [-0.05, 0) is 45.5 Å². The van der Waals surface area contributed by atoms with E-state index in [0.717, 1.165) is 30.8 Å². The Hall–Kier alpha value is -1.99. The Kier molecular flexibility index (Phi) is 5.65. The van der Waals surface area contributed by atoms with Crippen molar-refractivity contribution in [1.82, 2.24) is 19.7 Å². The largest absolute Gasteiger partial charge is 0.466 e. The maximum absolute atomic E-state index is 12.0. The van der Waals surface area contributed by atoms with Gasteiger partial charge in [-0.2, -0.15) is 4.98 Å². The summed E-state index contributed by atoms with van der Waals surface area (Å²) in [4.78, 5) is 18.7. The summed E-state index contributed by atoms with van der Waals surface area (Å²) in [7, 11) is 0. The number of aryl methyl sites for hydroxylation is 1. The lowest BCUT2D eigenvalue weighted by Gasteiger charge is -2.31. The summed E-state index contributed by atoms with van der Waals surface area (Å²) in [6.07, 6.45) is 1.87. The van der Waals surface area contributed by atoms with Gasteiger partial charge >= 0.3 is 5.97 Å². The summed E-state index contributed by atoms with van der Waals surface area (Å²) in [5.74, 6) is 0.618. The maximum Gasteiger partial charge on any atom is 0.310 e. The molecule has 0 bridgehead atoms. The zero-order chi connectivity index (χ0) is 17.8. The first kappa shape index (κ1) is 17.8. The highest BCUT2D eigenvalue weighted by atomic mass is 32.1. The normalized spacial score (nSPS) is 18.2. The van der Waals surface area contributed by atoms with E-state index in [2.05, 4.69) is 34.0 Å². The molecule has 1 N–H and O–H groups in total. The van der Waals surface area contributed by atoms with E-state index in [0.29, 0.717) is 24.6 Å². The molecule has 0 unspecified atom stereocenters. The Morgan fingerprint density at radius 1 is 1.40 bits per heavy atom. The Bertz CT molecular complexity index is 781. The van der Waals surface area contributed by atoms with Crippen LogP contribution in [0.4, 0.5) is 0 Å². The molecule has 1 aromatic carbocycles. The number of benzene rings is 1. The van der Waals surface area contributed by atoms with Gasteiger partial charge < -0.3 is 4.74 Å². The summed E-state index contributed by atoms with van der Waals surface area (Å²) in [6.45, 7) is 6.57. The van der Waals surface area contributed by atoms with Crippen LogP contribution in [0.2, 0.25) is 0 Å². The number of likely N-dealkylation sites (tertiary alicyclic amines) is 1. The van der Waals surface area contributed by atoms with Crippen LogP contribution < -0.4 is 0 Å². The monoisotopic (exact) mass is 360 g/mol. The molecule has 1 saturated heterocycles. The molecule has 2 heterocycles. The number of piperidine rings is 1. The molecule has 2 aromatic rings. The second-order valence-corrected chi connectivity index (χ2v) is 6.82. The van der Waals surface area contributed by atoms with Gasteiger partial charge in [-0.3, -0.25) is 14.8 Å². The van der Waals surface area contributed by atoms with Crippen molar-refractivity contribution in [3.63, 3.8) is 0 Å². The Morgan fingerprint density at radius 3 is 2.88 bits per heavy atom. The van der Waals surface area contributed by atoms with Crippen LogP contribution in [0.3, 0.4) is 0 Å². The van der Waals surface area contributed by atoms with Crippen molar-refractivity contribution in [2.75, 3.05) is 19.7 Å². The molecule has 134 valence electrons. The molecule has 7 heteroatoms. The van der Waals surface area contributed by atoms with Crippen LogP contribution in [-0.2, 0) is 16.2 Å². The van der Waals surface area contributed by atoms with Gasteiger partial charge in [-0.15, -0.1) is 0 Å². The van der Waals surface area contributed by atoms with Gasteiger partial charge in [0.25, 0.3) is 0 Å². The minimum Gasteiger partial charge on any atom is -0.466 e. The van der Waals surface area contributed by atoms with Crippen LogP contribution in [0.15, 0.2) is 24.3 Å². The highest BCUT2D eigenvalue weighted by molar-refractivity contribution is 7.71. The standard InChI is InChI=1S/C18H24N4O2S/c1-3-24-17(23)15-5-4-10-21(11-15)12-22-18(25)19-16(20-22)14-8-6-13(2)7-9-14/h6-9,15H,3-5,10-12H2,1-2H3,(H,19,20,25)/t15-/m0/s1. The van der Waals surface area contributed by atoms with Gasteiger partial charge in [0.1, 0.15) is 0 Å². The summed E-state index contributed by atoms with van der Waals surface area (Å²) in [5, 5.41) is 3.28.